The van der Waals surface area contributed by atoms with Crippen molar-refractivity contribution in [2.24, 2.45) is 0 Å². The summed E-state index contributed by atoms with van der Waals surface area (Å²) in [6.07, 6.45) is 0.429. The third-order valence-corrected chi connectivity index (χ3v) is 4.78. The number of carbonyl (C=O) groups is 2. The van der Waals surface area contributed by atoms with E-state index in [2.05, 4.69) is 10.0 Å². The van der Waals surface area contributed by atoms with Crippen LogP contribution in [0.3, 0.4) is 0 Å². The van der Waals surface area contributed by atoms with Crippen molar-refractivity contribution >= 4 is 27.6 Å². The average Bonchev–Trinajstić information content (AvgIpc) is 2.97. The predicted molar refractivity (Wildman–Crippen MR) is 90.0 cm³/mol. The second-order valence-electron chi connectivity index (χ2n) is 5.29. The molecule has 0 aliphatic heterocycles. The summed E-state index contributed by atoms with van der Waals surface area (Å²) in [4.78, 5) is 22.9. The molecule has 0 aliphatic rings. The minimum atomic E-state index is -3.77. The first-order valence-electron chi connectivity index (χ1n) is 7.39. The summed E-state index contributed by atoms with van der Waals surface area (Å²) in [7, 11) is -2.52. The molecule has 0 atom stereocenters. The van der Waals surface area contributed by atoms with Gasteiger partial charge in [-0.25, -0.2) is 13.1 Å². The van der Waals surface area contributed by atoms with Gasteiger partial charge in [0.25, 0.3) is 15.9 Å². The lowest BCUT2D eigenvalue weighted by Gasteiger charge is -2.05. The van der Waals surface area contributed by atoms with Crippen LogP contribution in [-0.2, 0) is 21.2 Å². The number of carbonyl (C=O) groups excluding carboxylic acids is 1. The SMILES string of the molecule is CNS(=O)(=O)c1cc(C(=O)Nc2ccc(CCC(=O)O)cc2)c(C)o1. The van der Waals surface area contributed by atoms with Gasteiger partial charge in [-0.2, -0.15) is 0 Å². The third kappa shape index (κ3) is 4.68. The van der Waals surface area contributed by atoms with E-state index in [1.54, 1.807) is 24.3 Å². The largest absolute Gasteiger partial charge is 0.481 e. The first-order chi connectivity index (χ1) is 11.7. The molecule has 2 rings (SSSR count). The van der Waals surface area contributed by atoms with Crippen molar-refractivity contribution in [3.05, 3.63) is 47.2 Å². The normalized spacial score (nSPS) is 11.3. The molecule has 0 fully saturated rings. The summed E-state index contributed by atoms with van der Waals surface area (Å²) >= 11 is 0. The third-order valence-electron chi connectivity index (χ3n) is 3.51. The Kier molecular flexibility index (Phi) is 5.60. The number of carboxylic acids is 1. The summed E-state index contributed by atoms with van der Waals surface area (Å²) in [6, 6.07) is 7.90. The van der Waals surface area contributed by atoms with Crippen LogP contribution >= 0.6 is 0 Å². The lowest BCUT2D eigenvalue weighted by Crippen LogP contribution is -2.18. The number of sulfonamides is 1. The molecule has 0 bridgehead atoms. The zero-order valence-corrected chi connectivity index (χ0v) is 14.5. The Labute approximate surface area is 144 Å². The van der Waals surface area contributed by atoms with E-state index >= 15 is 0 Å². The van der Waals surface area contributed by atoms with Gasteiger partial charge in [0, 0.05) is 18.2 Å². The van der Waals surface area contributed by atoms with Crippen molar-refractivity contribution in [2.45, 2.75) is 24.9 Å². The van der Waals surface area contributed by atoms with Crippen molar-refractivity contribution in [3.63, 3.8) is 0 Å². The second-order valence-corrected chi connectivity index (χ2v) is 7.11. The number of furan rings is 1. The fourth-order valence-corrected chi connectivity index (χ4v) is 2.83. The van der Waals surface area contributed by atoms with Gasteiger partial charge < -0.3 is 14.8 Å². The molecule has 1 aromatic carbocycles. The van der Waals surface area contributed by atoms with E-state index < -0.39 is 21.9 Å². The molecule has 1 aromatic heterocycles. The maximum absolute atomic E-state index is 12.3. The van der Waals surface area contributed by atoms with Crippen LogP contribution < -0.4 is 10.0 Å². The number of amides is 1. The highest BCUT2D eigenvalue weighted by atomic mass is 32.2. The van der Waals surface area contributed by atoms with Gasteiger partial charge in [0.05, 0.1) is 5.56 Å². The summed E-state index contributed by atoms with van der Waals surface area (Å²) in [5.74, 6) is -1.19. The molecule has 0 saturated carbocycles. The van der Waals surface area contributed by atoms with Gasteiger partial charge in [-0.05, 0) is 38.1 Å². The zero-order chi connectivity index (χ0) is 18.6. The topological polar surface area (TPSA) is 126 Å². The Morgan fingerprint density at radius 1 is 1.20 bits per heavy atom. The minimum absolute atomic E-state index is 0.0304. The number of nitrogens with one attached hydrogen (secondary N) is 2. The lowest BCUT2D eigenvalue weighted by molar-refractivity contribution is -0.136. The Balaban J connectivity index is 2.11. The second kappa shape index (κ2) is 7.49. The van der Waals surface area contributed by atoms with Crippen LogP contribution in [-0.4, -0.2) is 32.4 Å². The molecule has 0 radical (unpaired) electrons. The van der Waals surface area contributed by atoms with Crippen molar-refractivity contribution in [2.75, 3.05) is 12.4 Å². The molecule has 2 aromatic rings. The van der Waals surface area contributed by atoms with Gasteiger partial charge >= 0.3 is 5.97 Å². The highest BCUT2D eigenvalue weighted by molar-refractivity contribution is 7.89. The Morgan fingerprint density at radius 2 is 1.84 bits per heavy atom. The van der Waals surface area contributed by atoms with Crippen molar-refractivity contribution in [1.29, 1.82) is 0 Å². The van der Waals surface area contributed by atoms with E-state index in [4.69, 9.17) is 9.52 Å². The maximum atomic E-state index is 12.3. The molecule has 0 aliphatic carbocycles. The van der Waals surface area contributed by atoms with Gasteiger partial charge in [-0.3, -0.25) is 9.59 Å². The number of anilines is 1. The van der Waals surface area contributed by atoms with E-state index in [0.29, 0.717) is 12.1 Å². The van der Waals surface area contributed by atoms with Crippen LogP contribution in [0.5, 0.6) is 0 Å². The Morgan fingerprint density at radius 3 is 2.40 bits per heavy atom. The fourth-order valence-electron chi connectivity index (χ4n) is 2.12. The molecule has 1 heterocycles. The number of carboxylic acid groups (broad SMARTS) is 1. The molecular formula is C16H18N2O6S. The van der Waals surface area contributed by atoms with Crippen LogP contribution in [0.2, 0.25) is 0 Å². The highest BCUT2D eigenvalue weighted by Gasteiger charge is 2.22. The minimum Gasteiger partial charge on any atom is -0.481 e. The van der Waals surface area contributed by atoms with Crippen molar-refractivity contribution in [3.8, 4) is 0 Å². The van der Waals surface area contributed by atoms with Crippen LogP contribution in [0.4, 0.5) is 5.69 Å². The van der Waals surface area contributed by atoms with E-state index in [9.17, 15) is 18.0 Å². The van der Waals surface area contributed by atoms with Gasteiger partial charge in [-0.15, -0.1) is 0 Å². The van der Waals surface area contributed by atoms with E-state index in [-0.39, 0.29) is 22.8 Å². The molecule has 0 saturated heterocycles. The monoisotopic (exact) mass is 366 g/mol. The number of benzene rings is 1. The molecule has 134 valence electrons. The summed E-state index contributed by atoms with van der Waals surface area (Å²) in [5, 5.41) is 11.0. The number of aliphatic carboxylic acids is 1. The fraction of sp³-hybridized carbons (Fsp3) is 0.250. The Hall–Kier alpha value is -2.65. The summed E-state index contributed by atoms with van der Waals surface area (Å²) < 4.78 is 30.7. The molecular weight excluding hydrogens is 348 g/mol. The molecule has 25 heavy (non-hydrogen) atoms. The summed E-state index contributed by atoms with van der Waals surface area (Å²) in [5.41, 5.74) is 1.45. The quantitative estimate of drug-likeness (QED) is 0.685. The molecule has 0 spiro atoms. The van der Waals surface area contributed by atoms with Crippen molar-refractivity contribution < 1.29 is 27.5 Å². The first-order valence-corrected chi connectivity index (χ1v) is 8.87. The van der Waals surface area contributed by atoms with Gasteiger partial charge in [0.1, 0.15) is 5.76 Å². The van der Waals surface area contributed by atoms with Crippen LogP contribution in [0.25, 0.3) is 0 Å². The van der Waals surface area contributed by atoms with Gasteiger partial charge in [0.2, 0.25) is 5.09 Å². The van der Waals surface area contributed by atoms with E-state index in [1.807, 2.05) is 0 Å². The number of hydrogen-bond acceptors (Lipinski definition) is 5. The summed E-state index contributed by atoms with van der Waals surface area (Å²) in [6.45, 7) is 1.50. The smallest absolute Gasteiger partial charge is 0.303 e. The number of aryl methyl sites for hydroxylation is 2. The van der Waals surface area contributed by atoms with Gasteiger partial charge in [0.15, 0.2) is 0 Å². The lowest BCUT2D eigenvalue weighted by atomic mass is 10.1. The molecule has 0 unspecified atom stereocenters. The molecule has 8 nitrogen and oxygen atoms in total. The number of hydrogen-bond donors (Lipinski definition) is 3. The maximum Gasteiger partial charge on any atom is 0.303 e. The zero-order valence-electron chi connectivity index (χ0n) is 13.7. The van der Waals surface area contributed by atoms with Crippen molar-refractivity contribution in [1.82, 2.24) is 4.72 Å². The highest BCUT2D eigenvalue weighted by Crippen LogP contribution is 2.20. The van der Waals surface area contributed by atoms with Crippen LogP contribution in [0, 0.1) is 6.92 Å². The van der Waals surface area contributed by atoms with Crippen LogP contribution in [0.1, 0.15) is 28.1 Å². The predicted octanol–water partition coefficient (Wildman–Crippen LogP) is 1.77. The van der Waals surface area contributed by atoms with Crippen LogP contribution in [0.15, 0.2) is 39.8 Å². The molecule has 9 heteroatoms. The molecule has 3 N–H and O–H groups in total. The van der Waals surface area contributed by atoms with E-state index in [0.717, 1.165) is 11.6 Å². The standard InChI is InChI=1S/C16H18N2O6S/c1-10-13(9-15(24-10)25(22,23)17-2)16(21)18-12-6-3-11(4-7-12)5-8-14(19)20/h3-4,6-7,9,17H,5,8H2,1-2H3,(H,18,21)(H,19,20). The van der Waals surface area contributed by atoms with E-state index in [1.165, 1.54) is 14.0 Å². The van der Waals surface area contributed by atoms with Gasteiger partial charge in [-0.1, -0.05) is 12.1 Å². The molecule has 1 amide bonds. The average molecular weight is 366 g/mol. The number of rotatable bonds is 7. The first kappa shape index (κ1) is 18.7. The Bertz CT molecular complexity index is 884.